The quantitative estimate of drug-likeness (QED) is 0.295. The van der Waals surface area contributed by atoms with Crippen LogP contribution in [-0.2, 0) is 19.6 Å². The van der Waals surface area contributed by atoms with Gasteiger partial charge in [-0.2, -0.15) is 13.2 Å². The van der Waals surface area contributed by atoms with Gasteiger partial charge in [0.05, 0.1) is 11.3 Å². The average Bonchev–Trinajstić information content (AvgIpc) is 3.48. The number of aromatic nitrogens is 2. The first-order valence-corrected chi connectivity index (χ1v) is 14.4. The third-order valence-corrected chi connectivity index (χ3v) is 7.86. The van der Waals surface area contributed by atoms with Crippen molar-refractivity contribution >= 4 is 34.8 Å². The first-order chi connectivity index (χ1) is 21.6. The number of benzene rings is 3. The van der Waals surface area contributed by atoms with Gasteiger partial charge in [0.1, 0.15) is 0 Å². The first kappa shape index (κ1) is 29.9. The van der Waals surface area contributed by atoms with Crippen LogP contribution in [0.4, 0.5) is 40.8 Å². The Bertz CT molecular complexity index is 1820. The van der Waals surface area contributed by atoms with Gasteiger partial charge < -0.3 is 25.4 Å². The molecule has 45 heavy (non-hydrogen) atoms. The third-order valence-electron chi connectivity index (χ3n) is 7.86. The second-order valence-corrected chi connectivity index (χ2v) is 10.8. The molecular formula is C32H30F3N7O3. The number of aryl methyl sites for hydroxylation is 1. The zero-order valence-corrected chi connectivity index (χ0v) is 24.3. The van der Waals surface area contributed by atoms with Gasteiger partial charge in [0, 0.05) is 74.2 Å². The summed E-state index contributed by atoms with van der Waals surface area (Å²) >= 11 is 0. The van der Waals surface area contributed by atoms with E-state index in [0.29, 0.717) is 48.7 Å². The zero-order chi connectivity index (χ0) is 31.7. The number of carbonyl (C=O) groups excluding carboxylic acids is 2. The molecule has 3 aromatic carbocycles. The zero-order valence-electron chi connectivity index (χ0n) is 24.3. The van der Waals surface area contributed by atoms with Crippen LogP contribution in [0.15, 0.2) is 77.7 Å². The molecule has 1 fully saturated rings. The molecule has 1 aromatic heterocycles. The highest BCUT2D eigenvalue weighted by Gasteiger charge is 2.31. The smallest absolute Gasteiger partial charge is 0.336 e. The fraction of sp³-hybridized carbons (Fsp3) is 0.250. The molecule has 0 aliphatic carbocycles. The van der Waals surface area contributed by atoms with E-state index in [9.17, 15) is 27.6 Å². The highest BCUT2D eigenvalue weighted by atomic mass is 19.4. The number of rotatable bonds is 5. The van der Waals surface area contributed by atoms with Gasteiger partial charge in [0.15, 0.2) is 5.82 Å². The number of urea groups is 1. The topological polar surface area (TPSA) is 112 Å². The first-order valence-electron chi connectivity index (χ1n) is 14.4. The van der Waals surface area contributed by atoms with Crippen molar-refractivity contribution in [2.45, 2.75) is 12.6 Å². The number of halogens is 3. The minimum Gasteiger partial charge on any atom is -0.336 e. The molecule has 0 bridgehead atoms. The van der Waals surface area contributed by atoms with Crippen LogP contribution < -0.4 is 26.4 Å². The summed E-state index contributed by atoms with van der Waals surface area (Å²) < 4.78 is 40.9. The lowest BCUT2D eigenvalue weighted by atomic mass is 10.0. The number of nitrogens with one attached hydrogen (secondary N) is 3. The molecule has 3 N–H and O–H groups in total. The van der Waals surface area contributed by atoms with Crippen LogP contribution in [0.5, 0.6) is 0 Å². The molecule has 0 saturated carbocycles. The summed E-state index contributed by atoms with van der Waals surface area (Å²) in [7, 11) is 1.62. The van der Waals surface area contributed by atoms with E-state index < -0.39 is 17.8 Å². The Balaban J connectivity index is 1.22. The molecule has 0 spiro atoms. The number of hydrogen-bond acceptors (Lipinski definition) is 6. The largest absolute Gasteiger partial charge is 0.416 e. The molecule has 1 saturated heterocycles. The minimum absolute atomic E-state index is 0.0380. The van der Waals surface area contributed by atoms with Gasteiger partial charge in [-0.25, -0.2) is 9.78 Å². The number of piperazine rings is 1. The molecule has 13 heteroatoms. The van der Waals surface area contributed by atoms with E-state index in [4.69, 9.17) is 0 Å². The van der Waals surface area contributed by atoms with Crippen molar-refractivity contribution in [1.82, 2.24) is 19.8 Å². The Morgan fingerprint density at radius 3 is 2.40 bits per heavy atom. The van der Waals surface area contributed by atoms with Crippen LogP contribution in [-0.4, -0.2) is 59.1 Å². The molecule has 6 rings (SSSR count). The minimum atomic E-state index is -4.53. The maximum Gasteiger partial charge on any atom is 0.416 e. The Morgan fingerprint density at radius 2 is 1.67 bits per heavy atom. The summed E-state index contributed by atoms with van der Waals surface area (Å²) in [6.07, 6.45) is -2.43. The molecule has 2 aliphatic rings. The Hall–Kier alpha value is -5.17. The van der Waals surface area contributed by atoms with Gasteiger partial charge in [-0.05, 0) is 60.5 Å². The fourth-order valence-corrected chi connectivity index (χ4v) is 5.55. The van der Waals surface area contributed by atoms with Crippen LogP contribution >= 0.6 is 0 Å². The lowest BCUT2D eigenvalue weighted by Gasteiger charge is -2.27. The SMILES string of the molecule is Cn1cc(-c2cccc3c2CCN3C(=O)Nc2cccc(C(F)(F)F)c2)nc(Nc2ccc(C(=O)N3CCNCC3)cc2)c1=O. The van der Waals surface area contributed by atoms with Crippen molar-refractivity contribution in [2.75, 3.05) is 48.3 Å². The second-order valence-electron chi connectivity index (χ2n) is 10.8. The highest BCUT2D eigenvalue weighted by Crippen LogP contribution is 2.36. The highest BCUT2D eigenvalue weighted by molar-refractivity contribution is 6.04. The standard InChI is InChI=1S/C32H30F3N7O3/c1-40-19-26(39-28(30(40)44)37-22-10-8-20(9-11-22)29(43)41-16-13-36-14-17-41)24-6-3-7-27-25(24)12-15-42(27)31(45)38-23-5-2-4-21(18-23)32(33,34)35/h2-11,18-19,36H,12-17H2,1H3,(H,37,39)(H,38,45). The van der Waals surface area contributed by atoms with Gasteiger partial charge in [-0.15, -0.1) is 0 Å². The van der Waals surface area contributed by atoms with E-state index in [1.54, 1.807) is 54.5 Å². The molecule has 4 aromatic rings. The molecule has 0 radical (unpaired) electrons. The van der Waals surface area contributed by atoms with Crippen molar-refractivity contribution in [3.05, 3.63) is 100.0 Å². The molecule has 2 aliphatic heterocycles. The number of hydrogen-bond donors (Lipinski definition) is 3. The van der Waals surface area contributed by atoms with E-state index in [1.165, 1.54) is 21.6 Å². The fourth-order valence-electron chi connectivity index (χ4n) is 5.55. The number of carbonyl (C=O) groups is 2. The Kier molecular flexibility index (Phi) is 8.02. The van der Waals surface area contributed by atoms with Crippen LogP contribution in [0.1, 0.15) is 21.5 Å². The van der Waals surface area contributed by atoms with Crippen LogP contribution in [0.2, 0.25) is 0 Å². The van der Waals surface area contributed by atoms with Gasteiger partial charge in [-0.1, -0.05) is 18.2 Å². The maximum absolute atomic E-state index is 13.2. The van der Waals surface area contributed by atoms with Gasteiger partial charge in [-0.3, -0.25) is 14.5 Å². The lowest BCUT2D eigenvalue weighted by Crippen LogP contribution is -2.46. The molecule has 3 heterocycles. The van der Waals surface area contributed by atoms with E-state index in [2.05, 4.69) is 20.9 Å². The van der Waals surface area contributed by atoms with Gasteiger partial charge >= 0.3 is 12.2 Å². The summed E-state index contributed by atoms with van der Waals surface area (Å²) in [6.45, 7) is 3.12. The van der Waals surface area contributed by atoms with Crippen molar-refractivity contribution in [1.29, 1.82) is 0 Å². The summed E-state index contributed by atoms with van der Waals surface area (Å²) in [4.78, 5) is 46.9. The third kappa shape index (κ3) is 6.25. The number of anilines is 4. The predicted molar refractivity (Wildman–Crippen MR) is 165 cm³/mol. The monoisotopic (exact) mass is 617 g/mol. The maximum atomic E-state index is 13.2. The molecular weight excluding hydrogens is 587 g/mol. The molecule has 232 valence electrons. The van der Waals surface area contributed by atoms with Crippen molar-refractivity contribution in [2.24, 2.45) is 7.05 Å². The van der Waals surface area contributed by atoms with Crippen molar-refractivity contribution < 1.29 is 22.8 Å². The van der Waals surface area contributed by atoms with Crippen LogP contribution in [0.25, 0.3) is 11.3 Å². The van der Waals surface area contributed by atoms with Crippen LogP contribution in [0.3, 0.4) is 0 Å². The number of alkyl halides is 3. The molecule has 3 amide bonds. The van der Waals surface area contributed by atoms with Crippen molar-refractivity contribution in [3.63, 3.8) is 0 Å². The number of fused-ring (bicyclic) bond motifs is 1. The van der Waals surface area contributed by atoms with Crippen LogP contribution in [0, 0.1) is 0 Å². The van der Waals surface area contributed by atoms with E-state index in [0.717, 1.165) is 36.3 Å². The van der Waals surface area contributed by atoms with E-state index in [-0.39, 0.29) is 23.0 Å². The summed E-state index contributed by atoms with van der Waals surface area (Å²) in [5, 5.41) is 8.87. The number of amides is 3. The van der Waals surface area contributed by atoms with E-state index >= 15 is 0 Å². The lowest BCUT2D eigenvalue weighted by molar-refractivity contribution is -0.137. The number of nitrogens with zero attached hydrogens (tertiary/aromatic N) is 4. The molecule has 0 atom stereocenters. The van der Waals surface area contributed by atoms with Gasteiger partial charge in [0.25, 0.3) is 11.5 Å². The second kappa shape index (κ2) is 12.1. The van der Waals surface area contributed by atoms with Crippen molar-refractivity contribution in [3.8, 4) is 11.3 Å². The summed E-state index contributed by atoms with van der Waals surface area (Å²) in [5.74, 6) is 0.0421. The predicted octanol–water partition coefficient (Wildman–Crippen LogP) is 4.85. The average molecular weight is 618 g/mol. The van der Waals surface area contributed by atoms with E-state index in [1.807, 2.05) is 6.07 Å². The molecule has 0 unspecified atom stereocenters. The summed E-state index contributed by atoms with van der Waals surface area (Å²) in [6, 6.07) is 16.2. The Morgan fingerprint density at radius 1 is 0.933 bits per heavy atom. The summed E-state index contributed by atoms with van der Waals surface area (Å²) in [5.41, 5.74) is 2.62. The Labute approximate surface area is 256 Å². The van der Waals surface area contributed by atoms with Gasteiger partial charge in [0.2, 0.25) is 0 Å². The normalized spacial score (nSPS) is 14.7. The molecule has 10 nitrogen and oxygen atoms in total.